The molecule has 0 fully saturated rings. The maximum atomic E-state index is 11.3. The van der Waals surface area contributed by atoms with E-state index >= 15 is 0 Å². The molecular formula is C15H17ClN4O. The van der Waals surface area contributed by atoms with Crippen LogP contribution < -0.4 is 10.6 Å². The standard InChI is InChI=1S/C15H17ClN4O/c1-17-15(21)9-20-8-14(7-18-20)19-13-5-10-2-3-12(16)4-11(10)6-13/h2-4,7-8,13,19H,5-6,9H2,1H3,(H,17,21). The Kier molecular flexibility index (Phi) is 3.84. The number of benzene rings is 1. The lowest BCUT2D eigenvalue weighted by Crippen LogP contribution is -2.23. The maximum Gasteiger partial charge on any atom is 0.241 e. The predicted molar refractivity (Wildman–Crippen MR) is 82.6 cm³/mol. The van der Waals surface area contributed by atoms with Crippen molar-refractivity contribution >= 4 is 23.2 Å². The van der Waals surface area contributed by atoms with Gasteiger partial charge in [0.25, 0.3) is 0 Å². The fraction of sp³-hybridized carbons (Fsp3) is 0.333. The normalized spacial score (nSPS) is 16.6. The van der Waals surface area contributed by atoms with E-state index in [0.29, 0.717) is 6.04 Å². The van der Waals surface area contributed by atoms with E-state index in [1.54, 1.807) is 17.9 Å². The van der Waals surface area contributed by atoms with E-state index in [9.17, 15) is 4.79 Å². The van der Waals surface area contributed by atoms with Crippen LogP contribution in [0.4, 0.5) is 5.69 Å². The lowest BCUT2D eigenvalue weighted by molar-refractivity contribution is -0.121. The number of aromatic nitrogens is 2. The number of nitrogens with one attached hydrogen (secondary N) is 2. The molecule has 1 heterocycles. The van der Waals surface area contributed by atoms with Crippen LogP contribution in [0.5, 0.6) is 0 Å². The van der Waals surface area contributed by atoms with Gasteiger partial charge in [0.05, 0.1) is 11.9 Å². The third kappa shape index (κ3) is 3.19. The summed E-state index contributed by atoms with van der Waals surface area (Å²) in [5.74, 6) is -0.0624. The highest BCUT2D eigenvalue weighted by Crippen LogP contribution is 2.27. The second-order valence-electron chi connectivity index (χ2n) is 5.26. The molecule has 1 unspecified atom stereocenters. The van der Waals surface area contributed by atoms with Gasteiger partial charge in [-0.1, -0.05) is 17.7 Å². The molecule has 0 radical (unpaired) electrons. The Morgan fingerprint density at radius 1 is 1.43 bits per heavy atom. The molecule has 3 rings (SSSR count). The zero-order valence-corrected chi connectivity index (χ0v) is 12.5. The third-order valence-corrected chi connectivity index (χ3v) is 3.92. The molecule has 1 aliphatic carbocycles. The summed E-state index contributed by atoms with van der Waals surface area (Å²) < 4.78 is 1.63. The van der Waals surface area contributed by atoms with Crippen LogP contribution >= 0.6 is 11.6 Å². The summed E-state index contributed by atoms with van der Waals surface area (Å²) in [4.78, 5) is 11.3. The molecule has 110 valence electrons. The summed E-state index contributed by atoms with van der Waals surface area (Å²) in [5.41, 5.74) is 3.58. The van der Waals surface area contributed by atoms with Crippen molar-refractivity contribution in [2.24, 2.45) is 0 Å². The fourth-order valence-electron chi connectivity index (χ4n) is 2.68. The highest BCUT2D eigenvalue weighted by atomic mass is 35.5. The fourth-order valence-corrected chi connectivity index (χ4v) is 2.87. The van der Waals surface area contributed by atoms with E-state index in [1.807, 2.05) is 18.3 Å². The van der Waals surface area contributed by atoms with Gasteiger partial charge in [0.1, 0.15) is 6.54 Å². The number of rotatable bonds is 4. The molecule has 21 heavy (non-hydrogen) atoms. The van der Waals surface area contributed by atoms with Gasteiger partial charge in [-0.3, -0.25) is 9.48 Å². The number of hydrogen-bond acceptors (Lipinski definition) is 3. The molecule has 0 saturated carbocycles. The smallest absolute Gasteiger partial charge is 0.241 e. The first-order valence-electron chi connectivity index (χ1n) is 6.91. The summed E-state index contributed by atoms with van der Waals surface area (Å²) in [6, 6.07) is 6.41. The number of nitrogens with zero attached hydrogens (tertiary/aromatic N) is 2. The minimum absolute atomic E-state index is 0.0624. The Morgan fingerprint density at radius 3 is 3.05 bits per heavy atom. The van der Waals surface area contributed by atoms with Crippen LogP contribution in [0.3, 0.4) is 0 Å². The van der Waals surface area contributed by atoms with Crippen LogP contribution in [0.15, 0.2) is 30.6 Å². The molecule has 2 N–H and O–H groups in total. The molecule has 5 nitrogen and oxygen atoms in total. The van der Waals surface area contributed by atoms with Crippen LogP contribution in [0.2, 0.25) is 5.02 Å². The van der Waals surface area contributed by atoms with E-state index in [4.69, 9.17) is 11.6 Å². The Bertz CT molecular complexity index is 667. The van der Waals surface area contributed by atoms with Crippen molar-refractivity contribution in [3.63, 3.8) is 0 Å². The van der Waals surface area contributed by atoms with Crippen LogP contribution in [0.1, 0.15) is 11.1 Å². The quantitative estimate of drug-likeness (QED) is 0.906. The van der Waals surface area contributed by atoms with Gasteiger partial charge in [-0.15, -0.1) is 0 Å². The summed E-state index contributed by atoms with van der Waals surface area (Å²) in [5, 5.41) is 11.0. The van der Waals surface area contributed by atoms with E-state index < -0.39 is 0 Å². The average molecular weight is 305 g/mol. The number of carbonyl (C=O) groups excluding carboxylic acids is 1. The molecule has 0 bridgehead atoms. The Morgan fingerprint density at radius 2 is 2.24 bits per heavy atom. The molecule has 1 aromatic carbocycles. The molecule has 0 saturated heterocycles. The largest absolute Gasteiger partial charge is 0.379 e. The number of amides is 1. The minimum Gasteiger partial charge on any atom is -0.379 e. The SMILES string of the molecule is CNC(=O)Cn1cc(NC2Cc3ccc(Cl)cc3C2)cn1. The molecule has 1 aliphatic rings. The molecule has 1 aromatic heterocycles. The van der Waals surface area contributed by atoms with Crippen LogP contribution in [-0.2, 0) is 24.2 Å². The number of halogens is 1. The minimum atomic E-state index is -0.0624. The lowest BCUT2D eigenvalue weighted by Gasteiger charge is -2.10. The number of fused-ring (bicyclic) bond motifs is 1. The second-order valence-corrected chi connectivity index (χ2v) is 5.70. The summed E-state index contributed by atoms with van der Waals surface area (Å²) in [6.45, 7) is 0.235. The van der Waals surface area contributed by atoms with Crippen molar-refractivity contribution < 1.29 is 4.79 Å². The van der Waals surface area contributed by atoms with Crippen molar-refractivity contribution in [2.45, 2.75) is 25.4 Å². The number of anilines is 1. The maximum absolute atomic E-state index is 11.3. The van der Waals surface area contributed by atoms with E-state index in [-0.39, 0.29) is 12.5 Å². The molecule has 1 atom stereocenters. The van der Waals surface area contributed by atoms with Gasteiger partial charge in [-0.2, -0.15) is 5.10 Å². The van der Waals surface area contributed by atoms with Crippen LogP contribution in [-0.4, -0.2) is 28.8 Å². The first kappa shape index (κ1) is 13.9. The van der Waals surface area contributed by atoms with Crippen molar-refractivity contribution in [3.8, 4) is 0 Å². The predicted octanol–water partition coefficient (Wildman–Crippen LogP) is 1.86. The van der Waals surface area contributed by atoms with Gasteiger partial charge in [-0.25, -0.2) is 0 Å². The average Bonchev–Trinajstić information content (AvgIpc) is 3.05. The lowest BCUT2D eigenvalue weighted by atomic mass is 10.1. The molecule has 6 heteroatoms. The van der Waals surface area contributed by atoms with Gasteiger partial charge < -0.3 is 10.6 Å². The summed E-state index contributed by atoms with van der Waals surface area (Å²) in [6.07, 6.45) is 5.54. The number of carbonyl (C=O) groups is 1. The molecular weight excluding hydrogens is 288 g/mol. The highest BCUT2D eigenvalue weighted by molar-refractivity contribution is 6.30. The number of hydrogen-bond donors (Lipinski definition) is 2. The molecule has 2 aromatic rings. The molecule has 0 spiro atoms. The first-order chi connectivity index (χ1) is 10.1. The Hall–Kier alpha value is -2.01. The third-order valence-electron chi connectivity index (χ3n) is 3.69. The number of likely N-dealkylation sites (N-methyl/N-ethyl adjacent to an activating group) is 1. The van der Waals surface area contributed by atoms with Crippen molar-refractivity contribution in [3.05, 3.63) is 46.7 Å². The van der Waals surface area contributed by atoms with Crippen LogP contribution in [0, 0.1) is 0 Å². The Labute approximate surface area is 128 Å². The molecule has 1 amide bonds. The monoisotopic (exact) mass is 304 g/mol. The van der Waals surface area contributed by atoms with Gasteiger partial charge in [0, 0.05) is 24.3 Å². The van der Waals surface area contributed by atoms with Crippen molar-refractivity contribution in [1.82, 2.24) is 15.1 Å². The van der Waals surface area contributed by atoms with Crippen LogP contribution in [0.25, 0.3) is 0 Å². The molecule has 0 aliphatic heterocycles. The van der Waals surface area contributed by atoms with Gasteiger partial charge in [-0.05, 0) is 36.1 Å². The zero-order valence-electron chi connectivity index (χ0n) is 11.8. The Balaban J connectivity index is 1.62. The summed E-state index contributed by atoms with van der Waals surface area (Å²) in [7, 11) is 1.62. The topological polar surface area (TPSA) is 59.0 Å². The van der Waals surface area contributed by atoms with Gasteiger partial charge in [0.15, 0.2) is 0 Å². The zero-order chi connectivity index (χ0) is 14.8. The second kappa shape index (κ2) is 5.77. The van der Waals surface area contributed by atoms with E-state index in [1.165, 1.54) is 11.1 Å². The summed E-state index contributed by atoms with van der Waals surface area (Å²) >= 11 is 6.03. The van der Waals surface area contributed by atoms with Gasteiger partial charge in [0.2, 0.25) is 5.91 Å². The van der Waals surface area contributed by atoms with E-state index in [0.717, 1.165) is 23.6 Å². The first-order valence-corrected chi connectivity index (χ1v) is 7.28. The van der Waals surface area contributed by atoms with E-state index in [2.05, 4.69) is 21.8 Å². The van der Waals surface area contributed by atoms with Crippen molar-refractivity contribution in [1.29, 1.82) is 0 Å². The van der Waals surface area contributed by atoms with Gasteiger partial charge >= 0.3 is 0 Å². The van der Waals surface area contributed by atoms with Crippen molar-refractivity contribution in [2.75, 3.05) is 12.4 Å². The highest BCUT2D eigenvalue weighted by Gasteiger charge is 2.21.